The molecule has 10 nitrogen and oxygen atoms in total. The van der Waals surface area contributed by atoms with Crippen molar-refractivity contribution in [3.05, 3.63) is 70.8 Å². The minimum atomic E-state index is -0.986. The van der Waals surface area contributed by atoms with Crippen molar-refractivity contribution in [3.8, 4) is 0 Å². The molecule has 0 aliphatic carbocycles. The third-order valence-electron chi connectivity index (χ3n) is 4.47. The Kier molecular flexibility index (Phi) is 13.1. The van der Waals surface area contributed by atoms with Gasteiger partial charge in [-0.1, -0.05) is 59.7 Å². The van der Waals surface area contributed by atoms with Gasteiger partial charge in [-0.15, -0.1) is 0 Å². The summed E-state index contributed by atoms with van der Waals surface area (Å²) >= 11 is 0. The van der Waals surface area contributed by atoms with E-state index in [4.69, 9.17) is 19.2 Å². The number of carbonyl (C=O) groups is 2. The van der Waals surface area contributed by atoms with E-state index < -0.39 is 12.3 Å². The number of unbranched alkanes of at least 4 members (excludes halogenated alkanes) is 3. The molecule has 34 heavy (non-hydrogen) atoms. The third-order valence-corrected chi connectivity index (χ3v) is 4.47. The number of ether oxygens (including phenoxy) is 2. The van der Waals surface area contributed by atoms with Crippen LogP contribution >= 0.6 is 0 Å². The second-order valence-corrected chi connectivity index (χ2v) is 7.41. The van der Waals surface area contributed by atoms with Gasteiger partial charge in [-0.2, -0.15) is 9.78 Å². The fourth-order valence-electron chi connectivity index (χ4n) is 2.57. The summed E-state index contributed by atoms with van der Waals surface area (Å²) in [6.45, 7) is 4.55. The molecule has 0 spiro atoms. The first kappa shape index (κ1) is 27.1. The standard InChI is InChI=1S/C24H30O10/c1-19-7-11-21(12-8-19)17-29-33-31-23(25)27-15-5-3-4-6-16-28-24(26)32-34-30-18-22-13-9-20(2)10-14-22/h7-14H,3-6,15-18H2,1-2H3. The van der Waals surface area contributed by atoms with Crippen molar-refractivity contribution in [2.24, 2.45) is 0 Å². The number of hydrogen-bond donors (Lipinski definition) is 0. The monoisotopic (exact) mass is 478 g/mol. The van der Waals surface area contributed by atoms with Crippen LogP contribution in [-0.2, 0) is 52.3 Å². The second kappa shape index (κ2) is 16.4. The van der Waals surface area contributed by atoms with Crippen molar-refractivity contribution in [1.29, 1.82) is 0 Å². The van der Waals surface area contributed by atoms with E-state index in [1.54, 1.807) is 0 Å². The molecule has 0 saturated heterocycles. The second-order valence-electron chi connectivity index (χ2n) is 7.41. The van der Waals surface area contributed by atoms with Gasteiger partial charge in [0.25, 0.3) is 0 Å². The van der Waals surface area contributed by atoms with Gasteiger partial charge >= 0.3 is 12.3 Å². The lowest BCUT2D eigenvalue weighted by Crippen LogP contribution is -2.10. The SMILES string of the molecule is Cc1ccc(COOOC(=O)OCCCCCCOC(=O)OOOCc2ccc(C)cc2)cc1. The normalized spacial score (nSPS) is 10.5. The van der Waals surface area contributed by atoms with E-state index >= 15 is 0 Å². The lowest BCUT2D eigenvalue weighted by Gasteiger charge is -2.06. The lowest BCUT2D eigenvalue weighted by molar-refractivity contribution is -0.492. The maximum atomic E-state index is 11.4. The summed E-state index contributed by atoms with van der Waals surface area (Å²) in [5.41, 5.74) is 4.01. The fourth-order valence-corrected chi connectivity index (χ4v) is 2.57. The molecule has 0 bridgehead atoms. The maximum absolute atomic E-state index is 11.4. The number of carbonyl (C=O) groups excluding carboxylic acids is 2. The van der Waals surface area contributed by atoms with Gasteiger partial charge in [-0.05, 0) is 60.7 Å². The Morgan fingerprint density at radius 1 is 0.588 bits per heavy atom. The molecule has 10 heteroatoms. The van der Waals surface area contributed by atoms with Gasteiger partial charge in [0.1, 0.15) is 13.2 Å². The highest BCUT2D eigenvalue weighted by atomic mass is 17.5. The molecule has 2 aromatic rings. The average molecular weight is 478 g/mol. The topological polar surface area (TPSA) is 108 Å². The molecule has 0 heterocycles. The molecule has 0 fully saturated rings. The zero-order valence-electron chi connectivity index (χ0n) is 19.4. The van der Waals surface area contributed by atoms with E-state index in [0.29, 0.717) is 12.8 Å². The van der Waals surface area contributed by atoms with Crippen molar-refractivity contribution >= 4 is 12.3 Å². The van der Waals surface area contributed by atoms with Crippen LogP contribution in [0.5, 0.6) is 0 Å². The van der Waals surface area contributed by atoms with Gasteiger partial charge < -0.3 is 9.47 Å². The number of rotatable bonds is 15. The van der Waals surface area contributed by atoms with Crippen LogP contribution in [-0.4, -0.2) is 25.5 Å². The Hall–Kier alpha value is -3.18. The Balaban J connectivity index is 1.34. The number of benzene rings is 2. The molecule has 0 aliphatic rings. The molecule has 0 unspecified atom stereocenters. The molecule has 2 rings (SSSR count). The smallest absolute Gasteiger partial charge is 0.432 e. The largest absolute Gasteiger partial charge is 0.542 e. The van der Waals surface area contributed by atoms with Crippen molar-refractivity contribution in [3.63, 3.8) is 0 Å². The minimum Gasteiger partial charge on any atom is -0.432 e. The van der Waals surface area contributed by atoms with E-state index in [2.05, 4.69) is 19.9 Å². The van der Waals surface area contributed by atoms with Gasteiger partial charge in [0.05, 0.1) is 13.2 Å². The maximum Gasteiger partial charge on any atom is 0.542 e. The predicted octanol–water partition coefficient (Wildman–Crippen LogP) is 5.60. The fraction of sp³-hybridized carbons (Fsp3) is 0.417. The average Bonchev–Trinajstić information content (AvgIpc) is 2.83. The van der Waals surface area contributed by atoms with Crippen LogP contribution in [0.2, 0.25) is 0 Å². The molecule has 0 N–H and O–H groups in total. The summed E-state index contributed by atoms with van der Waals surface area (Å²) in [4.78, 5) is 41.0. The first-order chi connectivity index (χ1) is 16.5. The van der Waals surface area contributed by atoms with Crippen LogP contribution in [0.1, 0.15) is 47.9 Å². The van der Waals surface area contributed by atoms with Gasteiger partial charge in [0.15, 0.2) is 0 Å². The molecule has 0 radical (unpaired) electrons. The van der Waals surface area contributed by atoms with Gasteiger partial charge in [-0.25, -0.2) is 19.4 Å². The molecule has 2 aromatic carbocycles. The van der Waals surface area contributed by atoms with Crippen molar-refractivity contribution in [2.75, 3.05) is 13.2 Å². The molecule has 0 saturated carbocycles. The van der Waals surface area contributed by atoms with Crippen LogP contribution in [0.15, 0.2) is 48.5 Å². The molecule has 0 atom stereocenters. The molecule has 0 aromatic heterocycles. The third kappa shape index (κ3) is 12.8. The van der Waals surface area contributed by atoms with Crippen LogP contribution in [0, 0.1) is 13.8 Å². The first-order valence-electron chi connectivity index (χ1n) is 10.9. The highest BCUT2D eigenvalue weighted by molar-refractivity contribution is 5.59. The van der Waals surface area contributed by atoms with Crippen molar-refractivity contribution in [1.82, 2.24) is 0 Å². The van der Waals surface area contributed by atoms with Gasteiger partial charge in [0.2, 0.25) is 0 Å². The number of aryl methyl sites for hydroxylation is 2. The van der Waals surface area contributed by atoms with Crippen LogP contribution in [0.4, 0.5) is 9.59 Å². The van der Waals surface area contributed by atoms with Crippen LogP contribution < -0.4 is 0 Å². The molecular weight excluding hydrogens is 448 g/mol. The molecular formula is C24H30O10. The van der Waals surface area contributed by atoms with Gasteiger partial charge in [-0.3, -0.25) is 0 Å². The summed E-state index contributed by atoms with van der Waals surface area (Å²) in [6, 6.07) is 15.2. The zero-order valence-corrected chi connectivity index (χ0v) is 19.4. The molecule has 186 valence electrons. The predicted molar refractivity (Wildman–Crippen MR) is 117 cm³/mol. The quantitative estimate of drug-likeness (QED) is 0.139. The number of hydrogen-bond acceptors (Lipinski definition) is 10. The van der Waals surface area contributed by atoms with Gasteiger partial charge in [0, 0.05) is 0 Å². The summed E-state index contributed by atoms with van der Waals surface area (Å²) in [5.74, 6) is 0. The lowest BCUT2D eigenvalue weighted by atomic mass is 10.2. The first-order valence-corrected chi connectivity index (χ1v) is 10.9. The highest BCUT2D eigenvalue weighted by Gasteiger charge is 2.07. The Labute approximate surface area is 198 Å². The van der Waals surface area contributed by atoms with E-state index in [9.17, 15) is 9.59 Å². The molecule has 0 aliphatic heterocycles. The summed E-state index contributed by atoms with van der Waals surface area (Å²) in [7, 11) is 0. The Morgan fingerprint density at radius 2 is 0.971 bits per heavy atom. The summed E-state index contributed by atoms with van der Waals surface area (Å²) in [6.07, 6.45) is 0.762. The summed E-state index contributed by atoms with van der Waals surface area (Å²) < 4.78 is 9.69. The van der Waals surface area contributed by atoms with E-state index in [0.717, 1.165) is 35.1 Å². The van der Waals surface area contributed by atoms with Crippen LogP contribution in [0.25, 0.3) is 0 Å². The van der Waals surface area contributed by atoms with E-state index in [1.807, 2.05) is 62.4 Å². The van der Waals surface area contributed by atoms with E-state index in [-0.39, 0.29) is 26.4 Å². The Morgan fingerprint density at radius 3 is 1.35 bits per heavy atom. The highest BCUT2D eigenvalue weighted by Crippen LogP contribution is 2.07. The van der Waals surface area contributed by atoms with E-state index in [1.165, 1.54) is 0 Å². The minimum absolute atomic E-state index is 0.135. The summed E-state index contributed by atoms with van der Waals surface area (Å²) in [5, 5.41) is 8.74. The zero-order chi connectivity index (χ0) is 24.4. The van der Waals surface area contributed by atoms with Crippen molar-refractivity contribution < 1.29 is 48.7 Å². The Bertz CT molecular complexity index is 764. The van der Waals surface area contributed by atoms with Crippen LogP contribution in [0.3, 0.4) is 0 Å². The van der Waals surface area contributed by atoms with Crippen molar-refractivity contribution in [2.45, 2.75) is 52.7 Å². The molecule has 0 amide bonds.